The average molecular weight is 1360 g/mol. The first-order valence-corrected chi connectivity index (χ1v) is 33.3. The molecule has 24 nitrogen and oxygen atoms in total. The highest BCUT2D eigenvalue weighted by Crippen LogP contribution is 2.37. The average Bonchev–Trinajstić information content (AvgIpc) is 1.69. The van der Waals surface area contributed by atoms with Crippen LogP contribution in [0.4, 0.5) is 13.2 Å². The summed E-state index contributed by atoms with van der Waals surface area (Å²) in [7, 11) is 3.38. The van der Waals surface area contributed by atoms with Gasteiger partial charge in [-0.15, -0.1) is 0 Å². The Balaban J connectivity index is 0.00000179. The third-order valence-corrected chi connectivity index (χ3v) is 18.1. The molecule has 10 atom stereocenters. The minimum absolute atomic E-state index is 0.108. The van der Waals surface area contributed by atoms with Crippen LogP contribution in [0.25, 0.3) is 0 Å². The van der Waals surface area contributed by atoms with E-state index < -0.39 is 84.1 Å². The molecule has 528 valence electrons. The van der Waals surface area contributed by atoms with Crippen molar-refractivity contribution in [3.05, 3.63) is 144 Å². The van der Waals surface area contributed by atoms with Gasteiger partial charge >= 0.3 is 12.1 Å². The molecular weight excluding hydrogens is 1260 g/mol. The van der Waals surface area contributed by atoms with Gasteiger partial charge in [-0.05, 0) is 101 Å². The van der Waals surface area contributed by atoms with Crippen LogP contribution in [0.5, 0.6) is 0 Å². The summed E-state index contributed by atoms with van der Waals surface area (Å²) in [6.07, 6.45) is 0.390. The van der Waals surface area contributed by atoms with Gasteiger partial charge in [0.2, 0.25) is 47.3 Å². The van der Waals surface area contributed by atoms with Crippen molar-refractivity contribution in [3.63, 3.8) is 0 Å². The molecule has 4 fully saturated rings. The number of carbonyl (C=O) groups is 9. The molecule has 4 heterocycles. The molecule has 0 unspecified atom stereocenters. The van der Waals surface area contributed by atoms with Gasteiger partial charge in [-0.1, -0.05) is 135 Å². The number of likely N-dealkylation sites (N-methyl/N-ethyl adjacent to an activating group) is 2. The fourth-order valence-corrected chi connectivity index (χ4v) is 13.0. The molecule has 0 radical (unpaired) electrons. The Labute approximate surface area is 563 Å². The van der Waals surface area contributed by atoms with Gasteiger partial charge in [0.25, 0.3) is 0 Å². The van der Waals surface area contributed by atoms with Gasteiger partial charge < -0.3 is 76.4 Å². The SMILES string of the molecule is CC[C@H](NC)C(=O)N[C@@H]1C(=O)N2[C@@H](CC[C@@H]1CNC(=O)COCCOCCOCCOCC(=O)NC[C@H]1CC[C@H]3CC[C@@H](C(=O)NC(c4ccccc4)c4ccccc4)N3C(=O)[C@H]1NC(=O)[C@H](CC)NC)CC[C@H]2C(=O)NC(c1ccccc1)c1ccccc1.O=C(O)C(F)(F)F. The van der Waals surface area contributed by atoms with Gasteiger partial charge in [0.1, 0.15) is 37.4 Å². The standard InChI is InChI=1S/C68H92N10O12.C2HF3O2/c1-5-53(69-3)63(81)75-61-49(27-29-51-31-33-55(77(51)67(61)85)65(83)73-59(45-19-11-7-12-20-45)46-21-13-8-14-22-46)41-71-57(79)43-89-39-37-87-35-36-88-38-40-90-44-58(80)72-42-50-28-30-52-32-34-56(78(52)68(86)62(50)76-64(82)54(6-2)70-4)66(84)74-60(47-23-15-9-16-24-47)48-25-17-10-18-26-48;3-2(4,5)1(6)7/h7-26,49-56,59-62,69-70H,5-6,27-44H2,1-4H3,(H,71,79)(H,72,80)(H,73,83)(H,74,84)(H,75,81)(H,76,82);(H,6,7)/t49-,50-,51+,52+,53+,54+,55+,56+,61+,62+;/m1./s1. The number of nitrogens with zero attached hydrogens (tertiary/aromatic N) is 2. The van der Waals surface area contributed by atoms with Gasteiger partial charge in [0, 0.05) is 37.0 Å². The van der Waals surface area contributed by atoms with Crippen molar-refractivity contribution in [2.45, 2.75) is 145 Å². The Kier molecular flexibility index (Phi) is 30.2. The van der Waals surface area contributed by atoms with Gasteiger partial charge in [0.05, 0.1) is 63.8 Å². The smallest absolute Gasteiger partial charge is 0.475 e. The second-order valence-electron chi connectivity index (χ2n) is 24.4. The van der Waals surface area contributed by atoms with Gasteiger partial charge in [-0.25, -0.2) is 4.79 Å². The summed E-state index contributed by atoms with van der Waals surface area (Å²) in [6, 6.07) is 33.0. The van der Waals surface area contributed by atoms with E-state index in [0.29, 0.717) is 64.2 Å². The number of hydrogen-bond donors (Lipinski definition) is 9. The van der Waals surface area contributed by atoms with Crippen LogP contribution in [0.3, 0.4) is 0 Å². The maximum Gasteiger partial charge on any atom is 0.490 e. The van der Waals surface area contributed by atoms with Crippen LogP contribution in [-0.2, 0) is 62.1 Å². The lowest BCUT2D eigenvalue weighted by Crippen LogP contribution is -2.59. The number of aliphatic carboxylic acids is 1. The topological polar surface area (TPSA) is 314 Å². The molecule has 0 saturated carbocycles. The van der Waals surface area contributed by atoms with E-state index in [0.717, 1.165) is 22.3 Å². The molecule has 4 aromatic carbocycles. The number of hydrogen-bond acceptors (Lipinski definition) is 15. The summed E-state index contributed by atoms with van der Waals surface area (Å²) in [4.78, 5) is 124. The van der Waals surface area contributed by atoms with Crippen LogP contribution in [0.1, 0.15) is 112 Å². The third-order valence-electron chi connectivity index (χ3n) is 18.1. The van der Waals surface area contributed by atoms with E-state index in [9.17, 15) is 51.5 Å². The summed E-state index contributed by atoms with van der Waals surface area (Å²) in [5.41, 5.74) is 3.64. The van der Waals surface area contributed by atoms with Gasteiger partial charge in [-0.3, -0.25) is 38.4 Å². The molecule has 8 rings (SSSR count). The molecule has 4 aromatic rings. The van der Waals surface area contributed by atoms with Gasteiger partial charge in [-0.2, -0.15) is 13.2 Å². The quantitative estimate of drug-likeness (QED) is 0.0302. The lowest BCUT2D eigenvalue weighted by Gasteiger charge is -2.33. The van der Waals surface area contributed by atoms with Crippen molar-refractivity contribution in [2.75, 3.05) is 80.0 Å². The van der Waals surface area contributed by atoms with E-state index >= 15 is 0 Å². The Bertz CT molecular complexity index is 2900. The van der Waals surface area contributed by atoms with Crippen molar-refractivity contribution in [2.24, 2.45) is 11.8 Å². The lowest BCUT2D eigenvalue weighted by molar-refractivity contribution is -0.192. The van der Waals surface area contributed by atoms with Crippen LogP contribution in [-0.4, -0.2) is 203 Å². The summed E-state index contributed by atoms with van der Waals surface area (Å²) in [5, 5.41) is 31.5. The molecule has 9 N–H and O–H groups in total. The summed E-state index contributed by atoms with van der Waals surface area (Å²) in [6.45, 7) is 4.58. The summed E-state index contributed by atoms with van der Waals surface area (Å²) < 4.78 is 54.2. The van der Waals surface area contributed by atoms with E-state index in [1.54, 1.807) is 23.9 Å². The Morgan fingerprint density at radius 2 is 0.784 bits per heavy atom. The van der Waals surface area contributed by atoms with E-state index in [1.807, 2.05) is 135 Å². The van der Waals surface area contributed by atoms with Crippen molar-refractivity contribution in [1.82, 2.24) is 52.3 Å². The molecule has 8 amide bonds. The number of benzene rings is 4. The van der Waals surface area contributed by atoms with E-state index in [-0.39, 0.29) is 113 Å². The van der Waals surface area contributed by atoms with E-state index in [2.05, 4.69) is 42.5 Å². The lowest BCUT2D eigenvalue weighted by atomic mass is 9.92. The second-order valence-corrected chi connectivity index (χ2v) is 24.4. The number of amides is 8. The largest absolute Gasteiger partial charge is 0.490 e. The zero-order valence-corrected chi connectivity index (χ0v) is 55.4. The molecular formula is C70H93F3N10O14. The number of carbonyl (C=O) groups excluding carboxylic acids is 8. The molecule has 0 aliphatic carbocycles. The zero-order chi connectivity index (χ0) is 69.9. The number of nitrogens with one attached hydrogen (secondary N) is 8. The molecule has 0 spiro atoms. The minimum atomic E-state index is -5.08. The maximum atomic E-state index is 14.7. The monoisotopic (exact) mass is 1350 g/mol. The molecule has 97 heavy (non-hydrogen) atoms. The number of carboxylic acids is 1. The highest BCUT2D eigenvalue weighted by atomic mass is 19.4. The van der Waals surface area contributed by atoms with Gasteiger partial charge in [0.15, 0.2) is 0 Å². The molecule has 0 aromatic heterocycles. The number of carboxylic acid groups (broad SMARTS) is 1. The third kappa shape index (κ3) is 22.1. The van der Waals surface area contributed by atoms with Crippen molar-refractivity contribution < 1.29 is 80.4 Å². The Morgan fingerprint density at radius 1 is 0.485 bits per heavy atom. The van der Waals surface area contributed by atoms with Crippen molar-refractivity contribution >= 4 is 53.2 Å². The minimum Gasteiger partial charge on any atom is -0.475 e. The highest BCUT2D eigenvalue weighted by Gasteiger charge is 2.50. The van der Waals surface area contributed by atoms with Crippen molar-refractivity contribution in [1.29, 1.82) is 0 Å². The second kappa shape index (κ2) is 38.6. The first kappa shape index (κ1) is 76.0. The van der Waals surface area contributed by atoms with E-state index in [1.165, 1.54) is 0 Å². The van der Waals surface area contributed by atoms with Crippen LogP contribution >= 0.6 is 0 Å². The maximum absolute atomic E-state index is 14.7. The number of fused-ring (bicyclic) bond motifs is 2. The predicted octanol–water partition coefficient (Wildman–Crippen LogP) is 4.23. The van der Waals surface area contributed by atoms with Crippen molar-refractivity contribution in [3.8, 4) is 0 Å². The number of alkyl halides is 3. The fraction of sp³-hybridized carbons (Fsp3) is 0.529. The van der Waals surface area contributed by atoms with Crippen LogP contribution in [0, 0.1) is 11.8 Å². The molecule has 4 aliphatic heterocycles. The predicted molar refractivity (Wildman–Crippen MR) is 352 cm³/mol. The van der Waals surface area contributed by atoms with Crippen LogP contribution in [0.2, 0.25) is 0 Å². The van der Waals surface area contributed by atoms with E-state index in [4.69, 9.17) is 28.8 Å². The molecule has 4 saturated heterocycles. The van der Waals surface area contributed by atoms with Crippen LogP contribution in [0.15, 0.2) is 121 Å². The Morgan fingerprint density at radius 3 is 1.07 bits per heavy atom. The molecule has 4 aliphatic rings. The number of halogens is 3. The molecule has 0 bridgehead atoms. The summed E-state index contributed by atoms with van der Waals surface area (Å²) >= 11 is 0. The first-order valence-electron chi connectivity index (χ1n) is 33.3. The number of ether oxygens (including phenoxy) is 4. The van der Waals surface area contributed by atoms with Crippen LogP contribution < -0.4 is 42.5 Å². The zero-order valence-electron chi connectivity index (χ0n) is 55.4. The molecule has 27 heteroatoms. The Hall–Kier alpha value is -8.34. The number of rotatable bonds is 33. The normalized spacial score (nSPS) is 21.4. The first-order chi connectivity index (χ1) is 46.8. The fourth-order valence-electron chi connectivity index (χ4n) is 13.0. The highest BCUT2D eigenvalue weighted by molar-refractivity contribution is 5.96. The summed E-state index contributed by atoms with van der Waals surface area (Å²) in [5.74, 6) is -6.32.